The zero-order valence-electron chi connectivity index (χ0n) is 11.6. The Morgan fingerprint density at radius 1 is 1.25 bits per heavy atom. The number of aryl methyl sites for hydroxylation is 2. The fraction of sp³-hybridized carbons (Fsp3) is 0.333. The first kappa shape index (κ1) is 12.7. The molecule has 1 fully saturated rings. The molecule has 5 heteroatoms. The van der Waals surface area contributed by atoms with Crippen LogP contribution in [0.3, 0.4) is 0 Å². The Bertz CT molecular complexity index is 718. The molecule has 5 nitrogen and oxygen atoms in total. The average molecular weight is 271 g/mol. The van der Waals surface area contributed by atoms with Crippen LogP contribution in [-0.2, 0) is 0 Å². The fourth-order valence-electron chi connectivity index (χ4n) is 2.13. The molecule has 0 atom stereocenters. The van der Waals surface area contributed by atoms with Crippen LogP contribution in [-0.4, -0.2) is 9.97 Å². The number of aromatic amines is 1. The molecule has 1 heterocycles. The molecule has 1 aromatic carbocycles. The van der Waals surface area contributed by atoms with E-state index in [0.717, 1.165) is 24.0 Å². The van der Waals surface area contributed by atoms with Gasteiger partial charge in [0, 0.05) is 17.7 Å². The van der Waals surface area contributed by atoms with Crippen molar-refractivity contribution in [3.63, 3.8) is 0 Å². The Balaban J connectivity index is 1.95. The number of ether oxygens (including phenoxy) is 1. The van der Waals surface area contributed by atoms with E-state index in [0.29, 0.717) is 29.1 Å². The number of nitrogens with zero attached hydrogens (tertiary/aromatic N) is 1. The van der Waals surface area contributed by atoms with Gasteiger partial charge in [-0.2, -0.15) is 4.98 Å². The highest BCUT2D eigenvalue weighted by Gasteiger charge is 2.26. The molecule has 3 N–H and O–H groups in total. The van der Waals surface area contributed by atoms with Gasteiger partial charge in [0.15, 0.2) is 0 Å². The molecule has 0 bridgehead atoms. The summed E-state index contributed by atoms with van der Waals surface area (Å²) in [5, 5.41) is 0. The summed E-state index contributed by atoms with van der Waals surface area (Å²) in [6.07, 6.45) is 2.14. The number of hydrogen-bond donors (Lipinski definition) is 2. The van der Waals surface area contributed by atoms with Gasteiger partial charge in [-0.15, -0.1) is 0 Å². The van der Waals surface area contributed by atoms with Crippen LogP contribution in [0.4, 0.5) is 5.69 Å². The Hall–Kier alpha value is -2.30. The van der Waals surface area contributed by atoms with Crippen LogP contribution in [0.1, 0.15) is 35.7 Å². The number of rotatable bonds is 3. The summed E-state index contributed by atoms with van der Waals surface area (Å²) >= 11 is 0. The quantitative estimate of drug-likeness (QED) is 0.841. The molecule has 0 amide bonds. The number of nitrogens with two attached hydrogens (primary N) is 1. The highest BCUT2D eigenvalue weighted by atomic mass is 16.5. The molecular formula is C15H17N3O2. The first-order valence-electron chi connectivity index (χ1n) is 6.69. The summed E-state index contributed by atoms with van der Waals surface area (Å²) in [5.74, 6) is 2.04. The molecule has 0 spiro atoms. The van der Waals surface area contributed by atoms with Crippen molar-refractivity contribution >= 4 is 5.69 Å². The predicted octanol–water partition coefficient (Wildman–Crippen LogP) is 2.64. The van der Waals surface area contributed by atoms with Gasteiger partial charge in [-0.1, -0.05) is 6.07 Å². The summed E-state index contributed by atoms with van der Waals surface area (Å²) < 4.78 is 5.73. The lowest BCUT2D eigenvalue weighted by Gasteiger charge is -2.11. The topological polar surface area (TPSA) is 81.0 Å². The smallest absolute Gasteiger partial charge is 0.254 e. The molecule has 3 rings (SSSR count). The molecule has 104 valence electrons. The van der Waals surface area contributed by atoms with E-state index in [9.17, 15) is 4.79 Å². The van der Waals surface area contributed by atoms with Gasteiger partial charge >= 0.3 is 0 Å². The van der Waals surface area contributed by atoms with E-state index in [1.165, 1.54) is 6.07 Å². The standard InChI is InChI=1S/C15H17N3O2/c1-8-5-9(2)12(6-11(8)16)20-14-7-13(19)17-15(18-14)10-3-4-10/h5-7,10H,3-4,16H2,1-2H3,(H,17,18,19). The van der Waals surface area contributed by atoms with Crippen LogP contribution >= 0.6 is 0 Å². The maximum Gasteiger partial charge on any atom is 0.254 e. The average Bonchev–Trinajstić information content (AvgIpc) is 3.19. The van der Waals surface area contributed by atoms with E-state index in [1.807, 2.05) is 19.9 Å². The number of aromatic nitrogens is 2. The molecule has 0 radical (unpaired) electrons. The first-order valence-corrected chi connectivity index (χ1v) is 6.69. The lowest BCUT2D eigenvalue weighted by Crippen LogP contribution is -2.10. The number of hydrogen-bond acceptors (Lipinski definition) is 4. The minimum atomic E-state index is -0.186. The Kier molecular flexibility index (Phi) is 2.97. The van der Waals surface area contributed by atoms with Crippen molar-refractivity contribution < 1.29 is 4.74 Å². The van der Waals surface area contributed by atoms with Crippen LogP contribution < -0.4 is 16.0 Å². The summed E-state index contributed by atoms with van der Waals surface area (Å²) in [5.41, 5.74) is 8.34. The Morgan fingerprint density at radius 2 is 2.00 bits per heavy atom. The van der Waals surface area contributed by atoms with E-state index >= 15 is 0 Å². The Morgan fingerprint density at radius 3 is 2.70 bits per heavy atom. The molecule has 0 aliphatic heterocycles. The molecule has 1 saturated carbocycles. The van der Waals surface area contributed by atoms with Gasteiger partial charge in [0.25, 0.3) is 5.56 Å². The van der Waals surface area contributed by atoms with Gasteiger partial charge in [-0.05, 0) is 37.8 Å². The zero-order chi connectivity index (χ0) is 14.3. The van der Waals surface area contributed by atoms with Crippen LogP contribution in [0.2, 0.25) is 0 Å². The molecule has 20 heavy (non-hydrogen) atoms. The summed E-state index contributed by atoms with van der Waals surface area (Å²) in [7, 11) is 0. The van der Waals surface area contributed by atoms with E-state index in [4.69, 9.17) is 10.5 Å². The summed E-state index contributed by atoms with van der Waals surface area (Å²) in [4.78, 5) is 18.8. The molecule has 0 unspecified atom stereocenters. The van der Waals surface area contributed by atoms with E-state index < -0.39 is 0 Å². The fourth-order valence-corrected chi connectivity index (χ4v) is 2.13. The van der Waals surface area contributed by atoms with Crippen molar-refractivity contribution in [2.75, 3.05) is 5.73 Å². The second-order valence-electron chi connectivity index (χ2n) is 5.32. The van der Waals surface area contributed by atoms with Crippen molar-refractivity contribution in [2.45, 2.75) is 32.6 Å². The minimum Gasteiger partial charge on any atom is -0.438 e. The predicted molar refractivity (Wildman–Crippen MR) is 77.2 cm³/mol. The van der Waals surface area contributed by atoms with Crippen LogP contribution in [0.5, 0.6) is 11.6 Å². The highest BCUT2D eigenvalue weighted by Crippen LogP contribution is 2.38. The van der Waals surface area contributed by atoms with Crippen LogP contribution in [0.15, 0.2) is 23.0 Å². The summed E-state index contributed by atoms with van der Waals surface area (Å²) in [6, 6.07) is 5.09. The molecule has 1 aliphatic carbocycles. The largest absolute Gasteiger partial charge is 0.438 e. The number of nitrogens with one attached hydrogen (secondary N) is 1. The third-order valence-corrected chi connectivity index (χ3v) is 3.48. The van der Waals surface area contributed by atoms with Crippen molar-refractivity contribution in [3.8, 4) is 11.6 Å². The van der Waals surface area contributed by atoms with Crippen molar-refractivity contribution in [1.29, 1.82) is 0 Å². The number of anilines is 1. The molecule has 0 saturated heterocycles. The van der Waals surface area contributed by atoms with Crippen molar-refractivity contribution in [1.82, 2.24) is 9.97 Å². The number of benzene rings is 1. The molecular weight excluding hydrogens is 254 g/mol. The lowest BCUT2D eigenvalue weighted by atomic mass is 10.1. The third-order valence-electron chi connectivity index (χ3n) is 3.48. The number of H-pyrrole nitrogens is 1. The monoisotopic (exact) mass is 271 g/mol. The van der Waals surface area contributed by atoms with Gasteiger partial charge in [0.05, 0.1) is 6.07 Å². The van der Waals surface area contributed by atoms with Gasteiger partial charge in [-0.25, -0.2) is 0 Å². The number of nitrogen functional groups attached to an aromatic ring is 1. The minimum absolute atomic E-state index is 0.186. The normalized spacial score (nSPS) is 14.3. The second kappa shape index (κ2) is 4.67. The molecule has 1 aromatic heterocycles. The van der Waals surface area contributed by atoms with Gasteiger partial charge in [-0.3, -0.25) is 4.79 Å². The SMILES string of the molecule is Cc1cc(C)c(Oc2cc(=O)[nH]c(C3CC3)n2)cc1N. The first-order chi connectivity index (χ1) is 9.52. The van der Waals surface area contributed by atoms with E-state index in [1.54, 1.807) is 6.07 Å². The third kappa shape index (κ3) is 2.52. The lowest BCUT2D eigenvalue weighted by molar-refractivity contribution is 0.454. The van der Waals surface area contributed by atoms with Crippen LogP contribution in [0, 0.1) is 13.8 Å². The Labute approximate surface area is 116 Å². The van der Waals surface area contributed by atoms with Crippen molar-refractivity contribution in [3.05, 3.63) is 45.5 Å². The van der Waals surface area contributed by atoms with Crippen molar-refractivity contribution in [2.24, 2.45) is 0 Å². The van der Waals surface area contributed by atoms with E-state index in [-0.39, 0.29) is 5.56 Å². The highest BCUT2D eigenvalue weighted by molar-refractivity contribution is 5.54. The van der Waals surface area contributed by atoms with Gasteiger partial charge in [0.2, 0.25) is 5.88 Å². The zero-order valence-corrected chi connectivity index (χ0v) is 11.6. The molecule has 1 aliphatic rings. The second-order valence-corrected chi connectivity index (χ2v) is 5.32. The van der Waals surface area contributed by atoms with E-state index in [2.05, 4.69) is 9.97 Å². The van der Waals surface area contributed by atoms with Gasteiger partial charge in [0.1, 0.15) is 11.6 Å². The summed E-state index contributed by atoms with van der Waals surface area (Å²) in [6.45, 7) is 3.89. The van der Waals surface area contributed by atoms with Crippen LogP contribution in [0.25, 0.3) is 0 Å². The van der Waals surface area contributed by atoms with Gasteiger partial charge < -0.3 is 15.5 Å². The molecule has 2 aromatic rings. The maximum atomic E-state index is 11.6. The maximum absolute atomic E-state index is 11.6.